The largest absolute Gasteiger partial charge is 0.444 e. The van der Waals surface area contributed by atoms with Gasteiger partial charge in [-0.05, 0) is 45.7 Å². The van der Waals surface area contributed by atoms with Crippen LogP contribution in [0.4, 0.5) is 9.18 Å². The van der Waals surface area contributed by atoms with Gasteiger partial charge in [-0.3, -0.25) is 0 Å². The van der Waals surface area contributed by atoms with Crippen molar-refractivity contribution in [1.82, 2.24) is 14.9 Å². The van der Waals surface area contributed by atoms with E-state index < -0.39 is 5.60 Å². The molecule has 1 saturated heterocycles. The summed E-state index contributed by atoms with van der Waals surface area (Å²) in [6.45, 7) is 6.81. The minimum atomic E-state index is -0.489. The molecule has 2 aromatic rings. The molecule has 5 nitrogen and oxygen atoms in total. The number of hydrogen-bond donors (Lipinski definition) is 1. The Morgan fingerprint density at radius 1 is 1.38 bits per heavy atom. The maximum Gasteiger partial charge on any atom is 0.410 e. The number of benzene rings is 1. The van der Waals surface area contributed by atoms with E-state index in [1.165, 1.54) is 6.07 Å². The van der Waals surface area contributed by atoms with Gasteiger partial charge < -0.3 is 14.6 Å². The number of carbonyl (C=O) groups is 1. The number of H-pyrrole nitrogens is 1. The van der Waals surface area contributed by atoms with Crippen molar-refractivity contribution in [2.24, 2.45) is 0 Å². The zero-order valence-electron chi connectivity index (χ0n) is 14.0. The van der Waals surface area contributed by atoms with E-state index in [0.29, 0.717) is 28.6 Å². The second-order valence-electron chi connectivity index (χ2n) is 7.15. The Morgan fingerprint density at radius 2 is 2.04 bits per heavy atom. The highest BCUT2D eigenvalue weighted by Crippen LogP contribution is 2.30. The van der Waals surface area contributed by atoms with E-state index in [1.807, 2.05) is 26.8 Å². The Balaban J connectivity index is 1.69. The number of imidazole rings is 1. The van der Waals surface area contributed by atoms with Crippen LogP contribution in [0, 0.1) is 5.82 Å². The summed E-state index contributed by atoms with van der Waals surface area (Å²) in [5.74, 6) is 0.633. The fraction of sp³-hybridized carbons (Fsp3) is 0.529. The van der Waals surface area contributed by atoms with Crippen molar-refractivity contribution < 1.29 is 13.9 Å². The van der Waals surface area contributed by atoms with Crippen molar-refractivity contribution in [3.05, 3.63) is 28.2 Å². The zero-order valence-corrected chi connectivity index (χ0v) is 15.6. The zero-order chi connectivity index (χ0) is 17.5. The number of rotatable bonds is 1. The summed E-state index contributed by atoms with van der Waals surface area (Å²) in [7, 11) is 0. The summed E-state index contributed by atoms with van der Waals surface area (Å²) < 4.78 is 20.1. The Morgan fingerprint density at radius 3 is 2.67 bits per heavy atom. The third-order valence-electron chi connectivity index (χ3n) is 4.06. The first-order valence-corrected chi connectivity index (χ1v) is 8.85. The molecule has 1 N–H and O–H groups in total. The second kappa shape index (κ2) is 6.35. The standard InChI is InChI=1S/C17H21BrFN3O2/c1-17(2,3)24-16(23)22-6-4-10(5-7-22)15-20-13-9-11(18)8-12(19)14(13)21-15/h8-10H,4-7H2,1-3H3,(H,20,21). The van der Waals surface area contributed by atoms with E-state index in [-0.39, 0.29) is 17.8 Å². The van der Waals surface area contributed by atoms with Crippen LogP contribution >= 0.6 is 15.9 Å². The third-order valence-corrected chi connectivity index (χ3v) is 4.51. The molecule has 1 aromatic carbocycles. The van der Waals surface area contributed by atoms with Crippen LogP contribution < -0.4 is 0 Å². The van der Waals surface area contributed by atoms with Crippen LogP contribution in [-0.2, 0) is 4.74 Å². The van der Waals surface area contributed by atoms with Gasteiger partial charge >= 0.3 is 6.09 Å². The molecule has 1 fully saturated rings. The van der Waals surface area contributed by atoms with E-state index in [4.69, 9.17) is 4.74 Å². The maximum atomic E-state index is 14.0. The molecule has 7 heteroatoms. The summed E-state index contributed by atoms with van der Waals surface area (Å²) in [6.07, 6.45) is 1.28. The molecule has 0 bridgehead atoms. The number of aromatic amines is 1. The number of halogens is 2. The molecule has 3 rings (SSSR count). The molecule has 0 saturated carbocycles. The van der Waals surface area contributed by atoms with Crippen molar-refractivity contribution >= 4 is 33.1 Å². The van der Waals surface area contributed by atoms with E-state index in [9.17, 15) is 9.18 Å². The minimum absolute atomic E-state index is 0.189. The smallest absolute Gasteiger partial charge is 0.410 e. The molecule has 0 spiro atoms. The van der Waals surface area contributed by atoms with Crippen LogP contribution in [-0.4, -0.2) is 39.7 Å². The first-order valence-electron chi connectivity index (χ1n) is 8.05. The lowest BCUT2D eigenvalue weighted by atomic mass is 9.96. The number of piperidine rings is 1. The van der Waals surface area contributed by atoms with E-state index in [2.05, 4.69) is 25.9 Å². The molecule has 24 heavy (non-hydrogen) atoms. The van der Waals surface area contributed by atoms with Gasteiger partial charge in [-0.1, -0.05) is 15.9 Å². The van der Waals surface area contributed by atoms with Gasteiger partial charge in [-0.25, -0.2) is 14.2 Å². The maximum absolute atomic E-state index is 14.0. The molecule has 0 unspecified atom stereocenters. The van der Waals surface area contributed by atoms with Gasteiger partial charge in [0.1, 0.15) is 16.9 Å². The summed E-state index contributed by atoms with van der Waals surface area (Å²) in [5.41, 5.74) is 0.562. The summed E-state index contributed by atoms with van der Waals surface area (Å²) >= 11 is 3.29. The molecule has 2 heterocycles. The number of nitrogens with one attached hydrogen (secondary N) is 1. The normalized spacial score (nSPS) is 16.6. The average Bonchev–Trinajstić information content (AvgIpc) is 2.90. The SMILES string of the molecule is CC(C)(C)OC(=O)N1CCC(c2nc3c(F)cc(Br)cc3[nH]2)CC1. The molecular formula is C17H21BrFN3O2. The number of amides is 1. The molecule has 1 amide bonds. The van der Waals surface area contributed by atoms with Crippen LogP contribution in [0.2, 0.25) is 0 Å². The van der Waals surface area contributed by atoms with Crippen LogP contribution in [0.25, 0.3) is 11.0 Å². The number of carbonyl (C=O) groups excluding carboxylic acids is 1. The van der Waals surface area contributed by atoms with E-state index in [1.54, 1.807) is 4.90 Å². The molecule has 0 aliphatic carbocycles. The van der Waals surface area contributed by atoms with Gasteiger partial charge in [0.2, 0.25) is 0 Å². The molecule has 0 radical (unpaired) electrons. The van der Waals surface area contributed by atoms with Crippen LogP contribution in [0.15, 0.2) is 16.6 Å². The quantitative estimate of drug-likeness (QED) is 0.765. The molecule has 1 aliphatic heterocycles. The van der Waals surface area contributed by atoms with Crippen molar-refractivity contribution in [1.29, 1.82) is 0 Å². The molecule has 130 valence electrons. The van der Waals surface area contributed by atoms with Crippen molar-refractivity contribution in [2.75, 3.05) is 13.1 Å². The number of likely N-dealkylation sites (tertiary alicyclic amines) is 1. The van der Waals surface area contributed by atoms with Gasteiger partial charge in [0.05, 0.1) is 5.52 Å². The van der Waals surface area contributed by atoms with Crippen LogP contribution in [0.3, 0.4) is 0 Å². The fourth-order valence-corrected chi connectivity index (χ4v) is 3.35. The van der Waals surface area contributed by atoms with Crippen molar-refractivity contribution in [3.63, 3.8) is 0 Å². The Labute approximate surface area is 148 Å². The number of aromatic nitrogens is 2. The Kier molecular flexibility index (Phi) is 4.55. The first kappa shape index (κ1) is 17.2. The van der Waals surface area contributed by atoms with Crippen molar-refractivity contribution in [3.8, 4) is 0 Å². The highest BCUT2D eigenvalue weighted by atomic mass is 79.9. The van der Waals surface area contributed by atoms with Crippen LogP contribution in [0.5, 0.6) is 0 Å². The van der Waals surface area contributed by atoms with Gasteiger partial charge in [0.15, 0.2) is 5.82 Å². The summed E-state index contributed by atoms with van der Waals surface area (Å²) in [5, 5.41) is 0. The highest BCUT2D eigenvalue weighted by molar-refractivity contribution is 9.10. The van der Waals surface area contributed by atoms with Gasteiger partial charge in [0, 0.05) is 23.5 Å². The lowest BCUT2D eigenvalue weighted by molar-refractivity contribution is 0.0203. The highest BCUT2D eigenvalue weighted by Gasteiger charge is 2.29. The predicted octanol–water partition coefficient (Wildman–Crippen LogP) is 4.58. The van der Waals surface area contributed by atoms with Crippen LogP contribution in [0.1, 0.15) is 45.4 Å². The van der Waals surface area contributed by atoms with E-state index in [0.717, 1.165) is 18.7 Å². The van der Waals surface area contributed by atoms with Gasteiger partial charge in [0.25, 0.3) is 0 Å². The lowest BCUT2D eigenvalue weighted by Gasteiger charge is -2.32. The molecule has 0 atom stereocenters. The van der Waals surface area contributed by atoms with E-state index >= 15 is 0 Å². The Hall–Kier alpha value is -1.63. The molecular weight excluding hydrogens is 377 g/mol. The van der Waals surface area contributed by atoms with Crippen molar-refractivity contribution in [2.45, 2.75) is 45.1 Å². The monoisotopic (exact) mass is 397 g/mol. The lowest BCUT2D eigenvalue weighted by Crippen LogP contribution is -2.41. The Bertz CT molecular complexity index is 761. The third kappa shape index (κ3) is 3.71. The average molecular weight is 398 g/mol. The van der Waals surface area contributed by atoms with Gasteiger partial charge in [-0.2, -0.15) is 0 Å². The number of hydrogen-bond acceptors (Lipinski definition) is 3. The molecule has 1 aliphatic rings. The topological polar surface area (TPSA) is 58.2 Å². The number of fused-ring (bicyclic) bond motifs is 1. The second-order valence-corrected chi connectivity index (χ2v) is 8.06. The number of ether oxygens (including phenoxy) is 1. The summed E-state index contributed by atoms with van der Waals surface area (Å²) in [4.78, 5) is 21.5. The van der Waals surface area contributed by atoms with Gasteiger partial charge in [-0.15, -0.1) is 0 Å². The first-order chi connectivity index (χ1) is 11.2. The minimum Gasteiger partial charge on any atom is -0.444 e. The molecule has 1 aromatic heterocycles. The fourth-order valence-electron chi connectivity index (χ4n) is 2.92. The summed E-state index contributed by atoms with van der Waals surface area (Å²) in [6, 6.07) is 3.24. The number of nitrogens with zero attached hydrogens (tertiary/aromatic N) is 2. The predicted molar refractivity (Wildman–Crippen MR) is 93.5 cm³/mol.